The van der Waals surface area contributed by atoms with E-state index in [0.29, 0.717) is 38.2 Å². The molecule has 1 aliphatic heterocycles. The van der Waals surface area contributed by atoms with Crippen LogP contribution in [0.2, 0.25) is 0 Å². The minimum absolute atomic E-state index is 0.115. The molecule has 1 aromatic carbocycles. The molecule has 0 aliphatic carbocycles. The lowest BCUT2D eigenvalue weighted by Crippen LogP contribution is -2.54. The van der Waals surface area contributed by atoms with Crippen LogP contribution in [0.3, 0.4) is 0 Å². The van der Waals surface area contributed by atoms with E-state index in [0.717, 1.165) is 22.2 Å². The monoisotopic (exact) mass is 388 g/mol. The second kappa shape index (κ2) is 8.33. The summed E-state index contributed by atoms with van der Waals surface area (Å²) in [6.07, 6.45) is 5.99. The molecule has 1 unspecified atom stereocenters. The second-order valence-electron chi connectivity index (χ2n) is 7.22. The highest BCUT2D eigenvalue weighted by Crippen LogP contribution is 2.22. The van der Waals surface area contributed by atoms with Crippen LogP contribution in [0.4, 0.5) is 5.69 Å². The second-order valence-corrected chi connectivity index (χ2v) is 7.22. The number of likely N-dealkylation sites (N-methyl/N-ethyl adjacent to an activating group) is 1. The van der Waals surface area contributed by atoms with Gasteiger partial charge < -0.3 is 20.1 Å². The summed E-state index contributed by atoms with van der Waals surface area (Å²) >= 11 is 0. The SMILES string of the molecule is CNC(Cc1c[nH]c2ccccc12)C(=O)N1CCN(c2cnccc2C#N)CC1. The van der Waals surface area contributed by atoms with Gasteiger partial charge in [0.1, 0.15) is 6.07 Å². The van der Waals surface area contributed by atoms with Crippen LogP contribution in [0, 0.1) is 11.3 Å². The number of aromatic nitrogens is 2. The van der Waals surface area contributed by atoms with E-state index >= 15 is 0 Å². The molecule has 29 heavy (non-hydrogen) atoms. The number of carbonyl (C=O) groups is 1. The number of amides is 1. The molecule has 7 nitrogen and oxygen atoms in total. The predicted octanol–water partition coefficient (Wildman–Crippen LogP) is 1.91. The Kier molecular flexibility index (Phi) is 5.45. The summed E-state index contributed by atoms with van der Waals surface area (Å²) in [6, 6.07) is 11.8. The van der Waals surface area contributed by atoms with Crippen molar-refractivity contribution in [2.75, 3.05) is 38.1 Å². The molecule has 1 amide bonds. The van der Waals surface area contributed by atoms with Crippen molar-refractivity contribution in [3.05, 3.63) is 60.0 Å². The Morgan fingerprint density at radius 3 is 2.83 bits per heavy atom. The van der Waals surface area contributed by atoms with Crippen LogP contribution in [0.1, 0.15) is 11.1 Å². The number of rotatable bonds is 5. The Hall–Kier alpha value is -3.37. The third-order valence-electron chi connectivity index (χ3n) is 5.60. The van der Waals surface area contributed by atoms with Gasteiger partial charge in [0.25, 0.3) is 0 Å². The number of H-pyrrole nitrogens is 1. The number of carbonyl (C=O) groups excluding carboxylic acids is 1. The van der Waals surface area contributed by atoms with Crippen LogP contribution >= 0.6 is 0 Å². The smallest absolute Gasteiger partial charge is 0.240 e. The highest BCUT2D eigenvalue weighted by Gasteiger charge is 2.28. The van der Waals surface area contributed by atoms with Crippen LogP contribution < -0.4 is 10.2 Å². The van der Waals surface area contributed by atoms with Gasteiger partial charge in [-0.2, -0.15) is 5.26 Å². The number of hydrogen-bond acceptors (Lipinski definition) is 5. The van der Waals surface area contributed by atoms with E-state index in [-0.39, 0.29) is 11.9 Å². The Morgan fingerprint density at radius 1 is 1.28 bits per heavy atom. The molecule has 148 valence electrons. The van der Waals surface area contributed by atoms with Crippen LogP contribution in [0.15, 0.2) is 48.9 Å². The molecule has 3 aromatic rings. The summed E-state index contributed by atoms with van der Waals surface area (Å²) in [5.74, 6) is 0.115. The van der Waals surface area contributed by atoms with Gasteiger partial charge in [-0.15, -0.1) is 0 Å². The molecule has 1 atom stereocenters. The Bertz CT molecular complexity index is 1040. The summed E-state index contributed by atoms with van der Waals surface area (Å²) in [7, 11) is 1.84. The first-order valence-corrected chi connectivity index (χ1v) is 9.81. The zero-order chi connectivity index (χ0) is 20.2. The topological polar surface area (TPSA) is 88.1 Å². The van der Waals surface area contributed by atoms with Gasteiger partial charge in [-0.25, -0.2) is 0 Å². The average Bonchev–Trinajstić information content (AvgIpc) is 3.20. The Balaban J connectivity index is 1.42. The highest BCUT2D eigenvalue weighted by atomic mass is 16.2. The van der Waals surface area contributed by atoms with Crippen LogP contribution in [0.5, 0.6) is 0 Å². The average molecular weight is 388 g/mol. The first-order chi connectivity index (χ1) is 14.2. The van der Waals surface area contributed by atoms with E-state index in [1.54, 1.807) is 18.5 Å². The fraction of sp³-hybridized carbons (Fsp3) is 0.318. The van der Waals surface area contributed by atoms with E-state index in [2.05, 4.69) is 32.3 Å². The van der Waals surface area contributed by atoms with E-state index in [1.165, 1.54) is 0 Å². The summed E-state index contributed by atoms with van der Waals surface area (Å²) < 4.78 is 0. The molecule has 1 saturated heterocycles. The van der Waals surface area contributed by atoms with Gasteiger partial charge in [-0.3, -0.25) is 9.78 Å². The predicted molar refractivity (Wildman–Crippen MR) is 113 cm³/mol. The molecule has 7 heteroatoms. The maximum Gasteiger partial charge on any atom is 0.240 e. The molecule has 1 aliphatic rings. The first-order valence-electron chi connectivity index (χ1n) is 9.81. The quantitative estimate of drug-likeness (QED) is 0.697. The Labute approximate surface area is 170 Å². The van der Waals surface area contributed by atoms with Gasteiger partial charge in [-0.05, 0) is 31.2 Å². The van der Waals surface area contributed by atoms with E-state index in [4.69, 9.17) is 0 Å². The van der Waals surface area contributed by atoms with Crippen molar-refractivity contribution in [2.24, 2.45) is 0 Å². The number of para-hydroxylation sites is 1. The zero-order valence-electron chi connectivity index (χ0n) is 16.4. The highest BCUT2D eigenvalue weighted by molar-refractivity contribution is 5.86. The minimum Gasteiger partial charge on any atom is -0.366 e. The normalized spacial score (nSPS) is 15.3. The maximum absolute atomic E-state index is 13.1. The molecule has 0 spiro atoms. The lowest BCUT2D eigenvalue weighted by atomic mass is 10.0. The van der Waals surface area contributed by atoms with Crippen molar-refractivity contribution in [2.45, 2.75) is 12.5 Å². The van der Waals surface area contributed by atoms with Gasteiger partial charge in [0.2, 0.25) is 5.91 Å². The number of nitrogens with zero attached hydrogens (tertiary/aromatic N) is 4. The molecule has 4 rings (SSSR count). The molecule has 1 fully saturated rings. The third-order valence-corrected chi connectivity index (χ3v) is 5.60. The van der Waals surface area contributed by atoms with Crippen molar-refractivity contribution < 1.29 is 4.79 Å². The number of nitriles is 1. The molecule has 2 aromatic heterocycles. The molecule has 3 heterocycles. The molecule has 0 radical (unpaired) electrons. The number of piperazine rings is 1. The van der Waals surface area contributed by atoms with E-state index in [1.807, 2.05) is 36.3 Å². The summed E-state index contributed by atoms with van der Waals surface area (Å²) in [6.45, 7) is 2.64. The van der Waals surface area contributed by atoms with Crippen LogP contribution in [-0.2, 0) is 11.2 Å². The van der Waals surface area contributed by atoms with Gasteiger partial charge in [-0.1, -0.05) is 18.2 Å². The molecule has 0 saturated carbocycles. The number of nitrogens with one attached hydrogen (secondary N) is 2. The maximum atomic E-state index is 13.1. The molecule has 2 N–H and O–H groups in total. The van der Waals surface area contributed by atoms with Gasteiger partial charge in [0, 0.05) is 49.5 Å². The number of anilines is 1. The molecular formula is C22H24N6O. The first kappa shape index (κ1) is 19.0. The van der Waals surface area contributed by atoms with E-state index in [9.17, 15) is 10.1 Å². The van der Waals surface area contributed by atoms with Crippen molar-refractivity contribution >= 4 is 22.5 Å². The fourth-order valence-corrected chi connectivity index (χ4v) is 3.95. The number of fused-ring (bicyclic) bond motifs is 1. The molecule has 0 bridgehead atoms. The van der Waals surface area contributed by atoms with Gasteiger partial charge in [0.05, 0.1) is 23.5 Å². The summed E-state index contributed by atoms with van der Waals surface area (Å²) in [4.78, 5) is 24.6. The van der Waals surface area contributed by atoms with E-state index < -0.39 is 0 Å². The number of aromatic amines is 1. The standard InChI is InChI=1S/C22H24N6O/c1-24-20(12-17-14-26-19-5-3-2-4-18(17)19)22(29)28-10-8-27(9-11-28)21-15-25-7-6-16(21)13-23/h2-7,14-15,20,24,26H,8-12H2,1H3. The summed E-state index contributed by atoms with van der Waals surface area (Å²) in [5.41, 5.74) is 3.68. The van der Waals surface area contributed by atoms with Gasteiger partial charge >= 0.3 is 0 Å². The lowest BCUT2D eigenvalue weighted by molar-refractivity contribution is -0.133. The zero-order valence-corrected chi connectivity index (χ0v) is 16.4. The number of benzene rings is 1. The number of hydrogen-bond donors (Lipinski definition) is 2. The Morgan fingerprint density at radius 2 is 2.07 bits per heavy atom. The van der Waals surface area contributed by atoms with Crippen molar-refractivity contribution in [1.29, 1.82) is 5.26 Å². The summed E-state index contributed by atoms with van der Waals surface area (Å²) in [5, 5.41) is 13.7. The molecular weight excluding hydrogens is 364 g/mol. The van der Waals surface area contributed by atoms with Crippen molar-refractivity contribution in [1.82, 2.24) is 20.2 Å². The van der Waals surface area contributed by atoms with Crippen molar-refractivity contribution in [3.63, 3.8) is 0 Å². The largest absolute Gasteiger partial charge is 0.366 e. The van der Waals surface area contributed by atoms with Crippen molar-refractivity contribution in [3.8, 4) is 6.07 Å². The van der Waals surface area contributed by atoms with Crippen LogP contribution in [0.25, 0.3) is 10.9 Å². The minimum atomic E-state index is -0.270. The van der Waals surface area contributed by atoms with Gasteiger partial charge in [0.15, 0.2) is 0 Å². The van der Waals surface area contributed by atoms with Crippen LogP contribution in [-0.4, -0.2) is 60.0 Å². The number of pyridine rings is 1. The fourth-order valence-electron chi connectivity index (χ4n) is 3.95. The third kappa shape index (κ3) is 3.80. The lowest BCUT2D eigenvalue weighted by Gasteiger charge is -2.37.